The number of carbonyl (C=O) groups excluding carboxylic acids is 1. The van der Waals surface area contributed by atoms with E-state index in [1.165, 1.54) is 4.68 Å². The minimum Gasteiger partial charge on any atom is -0.465 e. The van der Waals surface area contributed by atoms with Gasteiger partial charge in [0.05, 0.1) is 30.9 Å². The molecule has 3 aromatic rings. The van der Waals surface area contributed by atoms with Crippen molar-refractivity contribution in [2.24, 2.45) is 5.92 Å². The molecule has 0 radical (unpaired) electrons. The van der Waals surface area contributed by atoms with Gasteiger partial charge < -0.3 is 14.6 Å². The van der Waals surface area contributed by atoms with Crippen LogP contribution < -0.4 is 15.8 Å². The number of aryl methyl sites for hydroxylation is 1. The first-order valence-corrected chi connectivity index (χ1v) is 10.3. The van der Waals surface area contributed by atoms with Gasteiger partial charge in [-0.3, -0.25) is 9.59 Å². The molecule has 4 rings (SSSR count). The smallest absolute Gasteiger partial charge is 0.269 e. The Morgan fingerprint density at radius 1 is 1.23 bits per heavy atom. The van der Waals surface area contributed by atoms with Crippen LogP contribution in [-0.4, -0.2) is 28.8 Å². The van der Waals surface area contributed by atoms with Crippen molar-refractivity contribution in [3.05, 3.63) is 82.2 Å². The van der Waals surface area contributed by atoms with Crippen LogP contribution in [0.15, 0.2) is 63.9 Å². The van der Waals surface area contributed by atoms with E-state index in [2.05, 4.69) is 15.3 Å². The number of piperidine rings is 1. The van der Waals surface area contributed by atoms with Gasteiger partial charge in [-0.05, 0) is 37.5 Å². The van der Waals surface area contributed by atoms with Crippen molar-refractivity contribution in [3.8, 4) is 0 Å². The number of benzene rings is 1. The molecular formula is C23H26N4O3. The van der Waals surface area contributed by atoms with Crippen molar-refractivity contribution in [2.45, 2.75) is 32.9 Å². The van der Waals surface area contributed by atoms with Crippen LogP contribution in [0.4, 0.5) is 5.69 Å². The number of furan rings is 1. The maximum absolute atomic E-state index is 12.6. The summed E-state index contributed by atoms with van der Waals surface area (Å²) in [4.78, 5) is 27.2. The summed E-state index contributed by atoms with van der Waals surface area (Å²) < 4.78 is 6.96. The van der Waals surface area contributed by atoms with Crippen LogP contribution in [-0.2, 0) is 17.9 Å². The molecule has 1 saturated heterocycles. The molecule has 1 N–H and O–H groups in total. The fourth-order valence-electron chi connectivity index (χ4n) is 3.80. The lowest BCUT2D eigenvalue weighted by atomic mass is 9.97. The van der Waals surface area contributed by atoms with Gasteiger partial charge in [-0.15, -0.1) is 0 Å². The second-order valence-electron chi connectivity index (χ2n) is 7.71. The molecule has 1 aliphatic rings. The van der Waals surface area contributed by atoms with Crippen LogP contribution in [0.5, 0.6) is 0 Å². The Hall–Kier alpha value is -3.35. The summed E-state index contributed by atoms with van der Waals surface area (Å²) >= 11 is 0. The molecule has 0 aliphatic carbocycles. The molecule has 0 saturated carbocycles. The molecule has 0 unspecified atom stereocenters. The fraction of sp³-hybridized carbons (Fsp3) is 0.348. The van der Waals surface area contributed by atoms with E-state index in [1.54, 1.807) is 12.3 Å². The zero-order valence-electron chi connectivity index (χ0n) is 17.1. The van der Waals surface area contributed by atoms with Gasteiger partial charge in [0, 0.05) is 19.2 Å². The van der Waals surface area contributed by atoms with Crippen LogP contribution in [0.25, 0.3) is 0 Å². The lowest BCUT2D eigenvalue weighted by molar-refractivity contribution is -0.125. The zero-order valence-corrected chi connectivity index (χ0v) is 17.1. The van der Waals surface area contributed by atoms with Crippen molar-refractivity contribution in [2.75, 3.05) is 18.0 Å². The lowest BCUT2D eigenvalue weighted by Crippen LogP contribution is -2.43. The quantitative estimate of drug-likeness (QED) is 0.681. The second kappa shape index (κ2) is 8.98. The number of carbonyl (C=O) groups is 1. The maximum atomic E-state index is 12.6. The third-order valence-corrected chi connectivity index (χ3v) is 5.42. The molecule has 1 amide bonds. The van der Waals surface area contributed by atoms with Gasteiger partial charge in [-0.1, -0.05) is 30.3 Å². The molecule has 1 fully saturated rings. The minimum absolute atomic E-state index is 0.0131. The first kappa shape index (κ1) is 19.9. The topological polar surface area (TPSA) is 80.4 Å². The molecule has 1 aromatic carbocycles. The molecule has 2 aromatic heterocycles. The first-order chi connectivity index (χ1) is 14.6. The third kappa shape index (κ3) is 4.79. The first-order valence-electron chi connectivity index (χ1n) is 10.3. The molecule has 3 heterocycles. The van der Waals surface area contributed by atoms with Crippen LogP contribution in [0, 0.1) is 12.8 Å². The Balaban J connectivity index is 1.38. The maximum Gasteiger partial charge on any atom is 0.269 e. The van der Waals surface area contributed by atoms with Gasteiger partial charge in [0.15, 0.2) is 0 Å². The number of nitrogens with zero attached hydrogens (tertiary/aromatic N) is 3. The van der Waals surface area contributed by atoms with Crippen molar-refractivity contribution >= 4 is 11.6 Å². The summed E-state index contributed by atoms with van der Waals surface area (Å²) in [5.74, 6) is 1.47. The van der Waals surface area contributed by atoms with E-state index in [-0.39, 0.29) is 17.4 Å². The third-order valence-electron chi connectivity index (χ3n) is 5.42. The van der Waals surface area contributed by atoms with Gasteiger partial charge >= 0.3 is 0 Å². The summed E-state index contributed by atoms with van der Waals surface area (Å²) in [5, 5.41) is 7.31. The summed E-state index contributed by atoms with van der Waals surface area (Å²) in [6.45, 7) is 4.10. The van der Waals surface area contributed by atoms with E-state index in [0.717, 1.165) is 42.2 Å². The number of hydrogen-bond acceptors (Lipinski definition) is 5. The van der Waals surface area contributed by atoms with Crippen LogP contribution in [0.3, 0.4) is 0 Å². The molecule has 7 heteroatoms. The van der Waals surface area contributed by atoms with Crippen molar-refractivity contribution in [1.29, 1.82) is 0 Å². The number of aromatic nitrogens is 2. The van der Waals surface area contributed by atoms with Crippen LogP contribution >= 0.6 is 0 Å². The number of rotatable bonds is 6. The predicted octanol–water partition coefficient (Wildman–Crippen LogP) is 2.73. The zero-order chi connectivity index (χ0) is 20.9. The highest BCUT2D eigenvalue weighted by Gasteiger charge is 2.26. The molecule has 156 valence electrons. The Morgan fingerprint density at radius 3 is 2.80 bits per heavy atom. The second-order valence-corrected chi connectivity index (χ2v) is 7.71. The SMILES string of the molecule is Cc1ccc(CNC(=O)[C@H]2CCCN(c3cnn(Cc4ccccc4)c(=O)c3)C2)o1. The van der Waals surface area contributed by atoms with Gasteiger partial charge in [-0.25, -0.2) is 4.68 Å². The highest BCUT2D eigenvalue weighted by Crippen LogP contribution is 2.22. The molecule has 1 atom stereocenters. The van der Waals surface area contributed by atoms with E-state index in [9.17, 15) is 9.59 Å². The number of amides is 1. The monoisotopic (exact) mass is 406 g/mol. The average Bonchev–Trinajstić information content (AvgIpc) is 3.19. The van der Waals surface area contributed by atoms with Crippen LogP contribution in [0.2, 0.25) is 0 Å². The summed E-state index contributed by atoms with van der Waals surface area (Å²) in [7, 11) is 0. The molecule has 0 spiro atoms. The van der Waals surface area contributed by atoms with E-state index < -0.39 is 0 Å². The van der Waals surface area contributed by atoms with E-state index in [0.29, 0.717) is 19.6 Å². The molecular weight excluding hydrogens is 380 g/mol. The normalized spacial score (nSPS) is 16.4. The summed E-state index contributed by atoms with van der Waals surface area (Å²) in [6.07, 6.45) is 3.44. The number of anilines is 1. The Labute approximate surface area is 175 Å². The largest absolute Gasteiger partial charge is 0.465 e. The predicted molar refractivity (Wildman–Crippen MR) is 114 cm³/mol. The Kier molecular flexibility index (Phi) is 5.97. The fourth-order valence-corrected chi connectivity index (χ4v) is 3.80. The standard InChI is InChI=1S/C23H26N4O3/c1-17-9-10-21(30-17)14-24-23(29)19-8-5-11-26(16-19)20-12-22(28)27(25-13-20)15-18-6-3-2-4-7-18/h2-4,6-7,9-10,12-13,19H,5,8,11,14-16H2,1H3,(H,24,29)/t19-/m0/s1. The van der Waals surface area contributed by atoms with Crippen molar-refractivity contribution < 1.29 is 9.21 Å². The van der Waals surface area contributed by atoms with Gasteiger partial charge in [0.1, 0.15) is 11.5 Å². The Bertz CT molecular complexity index is 1060. The van der Waals surface area contributed by atoms with E-state index >= 15 is 0 Å². The molecule has 7 nitrogen and oxygen atoms in total. The molecule has 1 aliphatic heterocycles. The van der Waals surface area contributed by atoms with Crippen LogP contribution in [0.1, 0.15) is 29.9 Å². The highest BCUT2D eigenvalue weighted by molar-refractivity contribution is 5.79. The molecule has 0 bridgehead atoms. The minimum atomic E-state index is -0.142. The highest BCUT2D eigenvalue weighted by atomic mass is 16.3. The van der Waals surface area contributed by atoms with E-state index in [4.69, 9.17) is 4.42 Å². The Morgan fingerprint density at radius 2 is 2.07 bits per heavy atom. The van der Waals surface area contributed by atoms with E-state index in [1.807, 2.05) is 49.4 Å². The van der Waals surface area contributed by atoms with Gasteiger partial charge in [0.25, 0.3) is 5.56 Å². The van der Waals surface area contributed by atoms with Gasteiger partial charge in [-0.2, -0.15) is 5.10 Å². The lowest BCUT2D eigenvalue weighted by Gasteiger charge is -2.33. The average molecular weight is 406 g/mol. The number of nitrogens with one attached hydrogen (secondary N) is 1. The molecule has 30 heavy (non-hydrogen) atoms. The summed E-state index contributed by atoms with van der Waals surface area (Å²) in [6, 6.07) is 15.2. The number of hydrogen-bond donors (Lipinski definition) is 1. The van der Waals surface area contributed by atoms with Gasteiger partial charge in [0.2, 0.25) is 5.91 Å². The van der Waals surface area contributed by atoms with Crippen molar-refractivity contribution in [1.82, 2.24) is 15.1 Å². The van der Waals surface area contributed by atoms with Crippen molar-refractivity contribution in [3.63, 3.8) is 0 Å². The summed E-state index contributed by atoms with van der Waals surface area (Å²) in [5.41, 5.74) is 1.65.